The fourth-order valence-electron chi connectivity index (χ4n) is 2.36. The second-order valence-electron chi connectivity index (χ2n) is 5.18. The summed E-state index contributed by atoms with van der Waals surface area (Å²) in [6.45, 7) is 2.56. The van der Waals surface area contributed by atoms with Crippen LogP contribution in [0.25, 0.3) is 10.2 Å². The first kappa shape index (κ1) is 14.2. The second-order valence-corrected chi connectivity index (χ2v) is 6.18. The highest BCUT2D eigenvalue weighted by atomic mass is 32.1. The van der Waals surface area contributed by atoms with Crippen LogP contribution in [0.1, 0.15) is 21.7 Å². The Labute approximate surface area is 124 Å². The number of aliphatic hydroxyl groups is 1. The number of nitrogens with zero attached hydrogens (tertiary/aromatic N) is 1. The number of H-pyrrole nitrogens is 1. The first-order chi connectivity index (χ1) is 10.0. The smallest absolute Gasteiger partial charge is 0.261 e. The van der Waals surface area contributed by atoms with E-state index in [4.69, 9.17) is 4.74 Å². The molecule has 0 aromatic carbocycles. The van der Waals surface area contributed by atoms with Gasteiger partial charge in [-0.2, -0.15) is 0 Å². The minimum absolute atomic E-state index is 0.128. The van der Waals surface area contributed by atoms with Crippen LogP contribution in [0.4, 0.5) is 0 Å². The largest absolute Gasteiger partial charge is 0.386 e. The highest BCUT2D eigenvalue weighted by Gasteiger charge is 2.33. The minimum atomic E-state index is -1.00. The van der Waals surface area contributed by atoms with E-state index in [1.54, 1.807) is 6.92 Å². The van der Waals surface area contributed by atoms with Crippen molar-refractivity contribution in [3.05, 3.63) is 27.1 Å². The Balaban J connectivity index is 1.83. The summed E-state index contributed by atoms with van der Waals surface area (Å²) in [7, 11) is 0. The van der Waals surface area contributed by atoms with Crippen LogP contribution in [0.2, 0.25) is 0 Å². The maximum Gasteiger partial charge on any atom is 0.261 e. The zero-order valence-corrected chi connectivity index (χ0v) is 12.2. The van der Waals surface area contributed by atoms with Crippen molar-refractivity contribution in [2.75, 3.05) is 19.8 Å². The van der Waals surface area contributed by atoms with Crippen molar-refractivity contribution in [2.24, 2.45) is 0 Å². The maximum absolute atomic E-state index is 12.3. The van der Waals surface area contributed by atoms with Crippen LogP contribution in [-0.4, -0.2) is 46.3 Å². The van der Waals surface area contributed by atoms with Gasteiger partial charge < -0.3 is 20.1 Å². The van der Waals surface area contributed by atoms with Crippen molar-refractivity contribution in [2.45, 2.75) is 18.9 Å². The molecule has 3 N–H and O–H groups in total. The molecule has 1 fully saturated rings. The molecule has 1 atom stereocenters. The SMILES string of the molecule is Cc1c(C(=O)NCC2(O)CCOC2)sc2nc[nH]c(=O)c12. The van der Waals surface area contributed by atoms with E-state index in [0.717, 1.165) is 0 Å². The van der Waals surface area contributed by atoms with Crippen LogP contribution in [0, 0.1) is 6.92 Å². The molecular weight excluding hydrogens is 294 g/mol. The van der Waals surface area contributed by atoms with Gasteiger partial charge in [0.25, 0.3) is 11.5 Å². The van der Waals surface area contributed by atoms with Gasteiger partial charge in [0.1, 0.15) is 10.4 Å². The zero-order chi connectivity index (χ0) is 15.0. The van der Waals surface area contributed by atoms with Crippen LogP contribution in [0.5, 0.6) is 0 Å². The van der Waals surface area contributed by atoms with Gasteiger partial charge in [0.15, 0.2) is 0 Å². The van der Waals surface area contributed by atoms with Crippen molar-refractivity contribution in [1.82, 2.24) is 15.3 Å². The van der Waals surface area contributed by atoms with E-state index in [1.165, 1.54) is 17.7 Å². The number of rotatable bonds is 3. The molecule has 0 saturated carbocycles. The summed E-state index contributed by atoms with van der Waals surface area (Å²) >= 11 is 1.17. The summed E-state index contributed by atoms with van der Waals surface area (Å²) in [5.41, 5.74) is -0.650. The van der Waals surface area contributed by atoms with E-state index in [1.807, 2.05) is 0 Å². The minimum Gasteiger partial charge on any atom is -0.386 e. The number of nitrogens with one attached hydrogen (secondary N) is 2. The van der Waals surface area contributed by atoms with Crippen molar-refractivity contribution >= 4 is 27.5 Å². The van der Waals surface area contributed by atoms with Crippen LogP contribution >= 0.6 is 11.3 Å². The number of thiophene rings is 1. The molecule has 21 heavy (non-hydrogen) atoms. The Hall–Kier alpha value is -1.77. The molecule has 2 aromatic rings. The fourth-order valence-corrected chi connectivity index (χ4v) is 3.42. The third-order valence-corrected chi connectivity index (χ3v) is 4.80. The van der Waals surface area contributed by atoms with Gasteiger partial charge in [0.05, 0.1) is 23.2 Å². The Morgan fingerprint density at radius 1 is 1.67 bits per heavy atom. The number of amides is 1. The van der Waals surface area contributed by atoms with E-state index in [2.05, 4.69) is 15.3 Å². The Bertz CT molecular complexity index is 745. The first-order valence-corrected chi connectivity index (χ1v) is 7.37. The monoisotopic (exact) mass is 309 g/mol. The van der Waals surface area contributed by atoms with Crippen molar-refractivity contribution in [3.8, 4) is 0 Å². The van der Waals surface area contributed by atoms with Gasteiger partial charge in [-0.15, -0.1) is 11.3 Å². The summed E-state index contributed by atoms with van der Waals surface area (Å²) in [4.78, 5) is 31.6. The van der Waals surface area contributed by atoms with Gasteiger partial charge in [0, 0.05) is 19.6 Å². The van der Waals surface area contributed by atoms with Gasteiger partial charge in [0.2, 0.25) is 0 Å². The second kappa shape index (κ2) is 5.21. The Morgan fingerprint density at radius 3 is 3.14 bits per heavy atom. The number of aryl methyl sites for hydroxylation is 1. The van der Waals surface area contributed by atoms with E-state index >= 15 is 0 Å². The van der Waals surface area contributed by atoms with Crippen LogP contribution in [-0.2, 0) is 4.74 Å². The molecule has 8 heteroatoms. The molecular formula is C13H15N3O4S. The molecule has 1 aliphatic rings. The van der Waals surface area contributed by atoms with Crippen LogP contribution in [0.15, 0.2) is 11.1 Å². The number of carbonyl (C=O) groups is 1. The van der Waals surface area contributed by atoms with E-state index in [-0.39, 0.29) is 24.6 Å². The number of aromatic amines is 1. The number of aromatic nitrogens is 2. The van der Waals surface area contributed by atoms with Crippen LogP contribution in [0.3, 0.4) is 0 Å². The molecule has 1 saturated heterocycles. The molecule has 112 valence electrons. The summed E-state index contributed by atoms with van der Waals surface area (Å²) in [6, 6.07) is 0. The lowest BCUT2D eigenvalue weighted by Crippen LogP contribution is -2.43. The number of hydrogen-bond acceptors (Lipinski definition) is 6. The number of ether oxygens (including phenoxy) is 1. The van der Waals surface area contributed by atoms with Gasteiger partial charge >= 0.3 is 0 Å². The molecule has 0 aliphatic carbocycles. The predicted molar refractivity (Wildman–Crippen MR) is 77.7 cm³/mol. The molecule has 3 heterocycles. The Morgan fingerprint density at radius 2 is 2.48 bits per heavy atom. The third kappa shape index (κ3) is 2.57. The molecule has 2 aromatic heterocycles. The number of carbonyl (C=O) groups excluding carboxylic acids is 1. The molecule has 7 nitrogen and oxygen atoms in total. The lowest BCUT2D eigenvalue weighted by Gasteiger charge is -2.20. The molecule has 0 radical (unpaired) electrons. The third-order valence-electron chi connectivity index (χ3n) is 3.60. The highest BCUT2D eigenvalue weighted by molar-refractivity contribution is 7.20. The van der Waals surface area contributed by atoms with Crippen molar-refractivity contribution < 1.29 is 14.6 Å². The summed E-state index contributed by atoms with van der Waals surface area (Å²) in [6.07, 6.45) is 1.82. The Kier molecular flexibility index (Phi) is 3.52. The number of hydrogen-bond donors (Lipinski definition) is 3. The molecule has 1 aliphatic heterocycles. The first-order valence-electron chi connectivity index (χ1n) is 6.55. The van der Waals surface area contributed by atoms with Crippen molar-refractivity contribution in [1.29, 1.82) is 0 Å². The predicted octanol–water partition coefficient (Wildman–Crippen LogP) is 0.174. The summed E-state index contributed by atoms with van der Waals surface area (Å²) in [5, 5.41) is 13.3. The normalized spacial score (nSPS) is 21.8. The molecule has 3 rings (SSSR count). The fraction of sp³-hybridized carbons (Fsp3) is 0.462. The summed E-state index contributed by atoms with van der Waals surface area (Å²) in [5.74, 6) is -0.310. The zero-order valence-electron chi connectivity index (χ0n) is 11.4. The maximum atomic E-state index is 12.3. The van der Waals surface area contributed by atoms with E-state index in [0.29, 0.717) is 33.7 Å². The number of fused-ring (bicyclic) bond motifs is 1. The molecule has 0 bridgehead atoms. The lowest BCUT2D eigenvalue weighted by atomic mass is 10.0. The van der Waals surface area contributed by atoms with Gasteiger partial charge in [-0.3, -0.25) is 9.59 Å². The van der Waals surface area contributed by atoms with E-state index in [9.17, 15) is 14.7 Å². The average Bonchev–Trinajstić information content (AvgIpc) is 3.02. The standard InChI is InChI=1S/C13H15N3O4S/c1-7-8-10(17)15-6-16-12(8)21-9(7)11(18)14-4-13(19)2-3-20-5-13/h6,19H,2-5H2,1H3,(H,14,18)(H,15,16,17). The van der Waals surface area contributed by atoms with Crippen LogP contribution < -0.4 is 10.9 Å². The van der Waals surface area contributed by atoms with Gasteiger partial charge in [-0.25, -0.2) is 4.98 Å². The van der Waals surface area contributed by atoms with Crippen molar-refractivity contribution in [3.63, 3.8) is 0 Å². The quantitative estimate of drug-likeness (QED) is 0.750. The van der Waals surface area contributed by atoms with Gasteiger partial charge in [-0.1, -0.05) is 0 Å². The lowest BCUT2D eigenvalue weighted by molar-refractivity contribution is 0.0265. The highest BCUT2D eigenvalue weighted by Crippen LogP contribution is 2.26. The molecule has 1 unspecified atom stereocenters. The van der Waals surface area contributed by atoms with E-state index < -0.39 is 5.60 Å². The molecule has 1 amide bonds. The molecule has 0 spiro atoms. The summed E-state index contributed by atoms with van der Waals surface area (Å²) < 4.78 is 5.13. The average molecular weight is 309 g/mol. The van der Waals surface area contributed by atoms with Gasteiger partial charge in [-0.05, 0) is 12.5 Å². The topological polar surface area (TPSA) is 104 Å².